The van der Waals surface area contributed by atoms with E-state index in [1.165, 1.54) is 19.1 Å². The monoisotopic (exact) mass is 331 g/mol. The van der Waals surface area contributed by atoms with E-state index in [2.05, 4.69) is 5.32 Å². The van der Waals surface area contributed by atoms with Gasteiger partial charge in [0.2, 0.25) is 0 Å². The van der Waals surface area contributed by atoms with Crippen LogP contribution in [0.15, 0.2) is 24.3 Å². The van der Waals surface area contributed by atoms with Gasteiger partial charge in [-0.05, 0) is 31.9 Å². The summed E-state index contributed by atoms with van der Waals surface area (Å²) in [6, 6.07) is 4.60. The van der Waals surface area contributed by atoms with Gasteiger partial charge in [0.15, 0.2) is 6.10 Å². The highest BCUT2D eigenvalue weighted by Crippen LogP contribution is 2.45. The normalized spacial score (nSPS) is 17.2. The molecule has 0 radical (unpaired) electrons. The number of carbonyl (C=O) groups excluding carboxylic acids is 1. The number of amides is 1. The fourth-order valence-corrected chi connectivity index (χ4v) is 2.06. The average molecular weight is 331 g/mol. The van der Waals surface area contributed by atoms with E-state index in [-0.39, 0.29) is 6.54 Å². The smallest absolute Gasteiger partial charge is 0.419 e. The first kappa shape index (κ1) is 17.1. The SMILES string of the molecule is CC(Oc1ccccc1C(F)(F)F)C(=O)NCC1(C(=O)O)CC1. The standard InChI is InChI=1S/C15H16F3NO4/c1-9(12(20)19-8-14(6-7-14)13(21)22)23-11-5-3-2-4-10(11)15(16,17)18/h2-5,9H,6-8H2,1H3,(H,19,20)(H,21,22). The summed E-state index contributed by atoms with van der Waals surface area (Å²) in [5, 5.41) is 11.4. The lowest BCUT2D eigenvalue weighted by atomic mass is 10.1. The molecule has 5 nitrogen and oxygen atoms in total. The van der Waals surface area contributed by atoms with Gasteiger partial charge >= 0.3 is 12.1 Å². The van der Waals surface area contributed by atoms with Crippen molar-refractivity contribution in [3.05, 3.63) is 29.8 Å². The second-order valence-corrected chi connectivity index (χ2v) is 5.56. The van der Waals surface area contributed by atoms with Gasteiger partial charge in [0.1, 0.15) is 5.75 Å². The molecule has 1 aromatic rings. The summed E-state index contributed by atoms with van der Waals surface area (Å²) >= 11 is 0. The third-order valence-electron chi connectivity index (χ3n) is 3.77. The Labute approximate surface area is 130 Å². The zero-order valence-electron chi connectivity index (χ0n) is 12.3. The minimum atomic E-state index is -4.59. The maximum absolute atomic E-state index is 12.9. The highest BCUT2D eigenvalue weighted by Gasteiger charge is 2.50. The maximum atomic E-state index is 12.9. The van der Waals surface area contributed by atoms with Crippen LogP contribution in [0.4, 0.5) is 13.2 Å². The van der Waals surface area contributed by atoms with Crippen LogP contribution in [-0.4, -0.2) is 29.6 Å². The van der Waals surface area contributed by atoms with Crippen molar-refractivity contribution in [2.75, 3.05) is 6.54 Å². The van der Waals surface area contributed by atoms with Crippen molar-refractivity contribution in [2.45, 2.75) is 32.0 Å². The lowest BCUT2D eigenvalue weighted by molar-refractivity contribution is -0.144. The molecule has 0 saturated heterocycles. The Morgan fingerprint density at radius 3 is 2.48 bits per heavy atom. The summed E-state index contributed by atoms with van der Waals surface area (Å²) in [4.78, 5) is 22.9. The van der Waals surface area contributed by atoms with Gasteiger partial charge in [0.25, 0.3) is 5.91 Å². The molecule has 1 unspecified atom stereocenters. The first-order valence-electron chi connectivity index (χ1n) is 7.00. The molecule has 126 valence electrons. The number of aliphatic carboxylic acids is 1. The molecule has 0 aliphatic heterocycles. The molecule has 0 bridgehead atoms. The molecule has 1 atom stereocenters. The number of para-hydroxylation sites is 1. The van der Waals surface area contributed by atoms with Gasteiger partial charge in [-0.1, -0.05) is 12.1 Å². The lowest BCUT2D eigenvalue weighted by Gasteiger charge is -2.19. The van der Waals surface area contributed by atoms with Gasteiger partial charge in [-0.2, -0.15) is 13.2 Å². The van der Waals surface area contributed by atoms with Crippen LogP contribution < -0.4 is 10.1 Å². The molecule has 2 rings (SSSR count). The van der Waals surface area contributed by atoms with Gasteiger partial charge in [-0.3, -0.25) is 9.59 Å². The van der Waals surface area contributed by atoms with E-state index in [9.17, 15) is 22.8 Å². The summed E-state index contributed by atoms with van der Waals surface area (Å²) < 4.78 is 43.7. The second-order valence-electron chi connectivity index (χ2n) is 5.56. The third kappa shape index (κ3) is 3.94. The molecule has 1 aliphatic carbocycles. The Balaban J connectivity index is 1.98. The van der Waals surface area contributed by atoms with Gasteiger partial charge in [-0.25, -0.2) is 0 Å². The summed E-state index contributed by atoms with van der Waals surface area (Å²) in [6.45, 7) is 1.25. The first-order chi connectivity index (χ1) is 10.7. The predicted molar refractivity (Wildman–Crippen MR) is 73.8 cm³/mol. The Bertz CT molecular complexity index is 611. The Morgan fingerprint density at radius 2 is 1.96 bits per heavy atom. The van der Waals surface area contributed by atoms with Crippen LogP contribution in [0.5, 0.6) is 5.75 Å². The Morgan fingerprint density at radius 1 is 1.35 bits per heavy atom. The number of rotatable bonds is 6. The number of halogens is 3. The van der Waals surface area contributed by atoms with Crippen molar-refractivity contribution in [3.63, 3.8) is 0 Å². The van der Waals surface area contributed by atoms with Crippen LogP contribution in [0.2, 0.25) is 0 Å². The molecular formula is C15H16F3NO4. The van der Waals surface area contributed by atoms with E-state index in [0.717, 1.165) is 12.1 Å². The molecule has 8 heteroatoms. The number of carbonyl (C=O) groups is 2. The minimum absolute atomic E-state index is 0.0597. The number of ether oxygens (including phenoxy) is 1. The molecule has 1 aliphatic rings. The summed E-state index contributed by atoms with van der Waals surface area (Å²) in [5.41, 5.74) is -1.91. The van der Waals surface area contributed by atoms with E-state index in [0.29, 0.717) is 12.8 Å². The Hall–Kier alpha value is -2.25. The average Bonchev–Trinajstić information content (AvgIpc) is 3.25. The van der Waals surface area contributed by atoms with Crippen molar-refractivity contribution in [1.82, 2.24) is 5.32 Å². The van der Waals surface area contributed by atoms with Crippen LogP contribution in [0.1, 0.15) is 25.3 Å². The van der Waals surface area contributed by atoms with Gasteiger partial charge < -0.3 is 15.2 Å². The number of carboxylic acids is 1. The highest BCUT2D eigenvalue weighted by atomic mass is 19.4. The Kier molecular flexibility index (Phi) is 4.53. The topological polar surface area (TPSA) is 75.6 Å². The molecule has 0 aromatic heterocycles. The zero-order chi connectivity index (χ0) is 17.3. The maximum Gasteiger partial charge on any atom is 0.419 e. The molecular weight excluding hydrogens is 315 g/mol. The minimum Gasteiger partial charge on any atom is -0.481 e. The number of benzene rings is 1. The van der Waals surface area contributed by atoms with Crippen LogP contribution in [0.3, 0.4) is 0 Å². The van der Waals surface area contributed by atoms with Crippen molar-refractivity contribution < 1.29 is 32.6 Å². The third-order valence-corrected chi connectivity index (χ3v) is 3.77. The molecule has 1 aromatic carbocycles. The van der Waals surface area contributed by atoms with E-state index in [1.54, 1.807) is 0 Å². The number of carboxylic acid groups (broad SMARTS) is 1. The van der Waals surface area contributed by atoms with E-state index >= 15 is 0 Å². The largest absolute Gasteiger partial charge is 0.481 e. The van der Waals surface area contributed by atoms with Gasteiger partial charge in [0.05, 0.1) is 11.0 Å². The second kappa shape index (κ2) is 6.10. The van der Waals surface area contributed by atoms with Crippen LogP contribution in [0, 0.1) is 5.41 Å². The van der Waals surface area contributed by atoms with Crippen LogP contribution in [0.25, 0.3) is 0 Å². The lowest BCUT2D eigenvalue weighted by Crippen LogP contribution is -2.41. The molecule has 1 fully saturated rings. The molecule has 0 heterocycles. The van der Waals surface area contributed by atoms with Crippen molar-refractivity contribution >= 4 is 11.9 Å². The van der Waals surface area contributed by atoms with Crippen LogP contribution >= 0.6 is 0 Å². The quantitative estimate of drug-likeness (QED) is 0.840. The summed E-state index contributed by atoms with van der Waals surface area (Å²) in [7, 11) is 0. The first-order valence-corrected chi connectivity index (χ1v) is 7.00. The number of nitrogens with one attached hydrogen (secondary N) is 1. The van der Waals surface area contributed by atoms with E-state index < -0.39 is 40.9 Å². The van der Waals surface area contributed by atoms with E-state index in [1.807, 2.05) is 0 Å². The highest BCUT2D eigenvalue weighted by molar-refractivity contribution is 5.83. The fourth-order valence-electron chi connectivity index (χ4n) is 2.06. The number of alkyl halides is 3. The molecule has 0 spiro atoms. The number of hydrogen-bond acceptors (Lipinski definition) is 3. The zero-order valence-corrected chi connectivity index (χ0v) is 12.3. The van der Waals surface area contributed by atoms with Crippen molar-refractivity contribution in [1.29, 1.82) is 0 Å². The van der Waals surface area contributed by atoms with Crippen molar-refractivity contribution in [3.8, 4) is 5.75 Å². The van der Waals surface area contributed by atoms with Crippen LogP contribution in [-0.2, 0) is 15.8 Å². The van der Waals surface area contributed by atoms with Gasteiger partial charge in [-0.15, -0.1) is 0 Å². The predicted octanol–water partition coefficient (Wildman–Crippen LogP) is 2.45. The molecule has 1 amide bonds. The molecule has 2 N–H and O–H groups in total. The summed E-state index contributed by atoms with van der Waals surface area (Å²) in [6.07, 6.45) is -4.83. The fraction of sp³-hybridized carbons (Fsp3) is 0.467. The van der Waals surface area contributed by atoms with Crippen molar-refractivity contribution in [2.24, 2.45) is 5.41 Å². The molecule has 23 heavy (non-hydrogen) atoms. The summed E-state index contributed by atoms with van der Waals surface area (Å²) in [5.74, 6) is -2.09. The van der Waals surface area contributed by atoms with Gasteiger partial charge in [0, 0.05) is 6.54 Å². The molecule has 1 saturated carbocycles. The van der Waals surface area contributed by atoms with E-state index in [4.69, 9.17) is 9.84 Å². The number of hydrogen-bond donors (Lipinski definition) is 2.